The molecule has 1 aliphatic heterocycles. The van der Waals surface area contributed by atoms with Crippen molar-refractivity contribution in [2.75, 3.05) is 19.8 Å². The Bertz CT molecular complexity index is 766. The third kappa shape index (κ3) is 4.95. The third-order valence-electron chi connectivity index (χ3n) is 5.20. The minimum absolute atomic E-state index is 0.188. The number of ether oxygens (including phenoxy) is 1. The lowest BCUT2D eigenvalue weighted by Crippen LogP contribution is -2.48. The van der Waals surface area contributed by atoms with Crippen LogP contribution in [0, 0.1) is 6.92 Å². The van der Waals surface area contributed by atoms with Crippen molar-refractivity contribution < 1.29 is 14.3 Å². The molecule has 2 aromatic carbocycles. The Labute approximate surface area is 160 Å². The molecular formula is C22H26N2O3. The maximum absolute atomic E-state index is 12.3. The molecule has 0 bridgehead atoms. The van der Waals surface area contributed by atoms with Crippen LogP contribution in [-0.2, 0) is 26.3 Å². The summed E-state index contributed by atoms with van der Waals surface area (Å²) in [5.74, 6) is -1.20. The van der Waals surface area contributed by atoms with Gasteiger partial charge in [0.25, 0.3) is 0 Å². The normalized spacial score (nSPS) is 15.7. The first-order valence-corrected chi connectivity index (χ1v) is 9.34. The first-order valence-electron chi connectivity index (χ1n) is 9.34. The van der Waals surface area contributed by atoms with Gasteiger partial charge in [-0.25, -0.2) is 0 Å². The van der Waals surface area contributed by atoms with E-state index in [1.807, 2.05) is 49.4 Å². The van der Waals surface area contributed by atoms with Gasteiger partial charge in [0.2, 0.25) is 0 Å². The lowest BCUT2D eigenvalue weighted by molar-refractivity contribution is -0.139. The summed E-state index contributed by atoms with van der Waals surface area (Å²) in [6.45, 7) is 4.09. The van der Waals surface area contributed by atoms with Crippen LogP contribution >= 0.6 is 0 Å². The average molecular weight is 366 g/mol. The van der Waals surface area contributed by atoms with Crippen molar-refractivity contribution in [2.45, 2.75) is 31.7 Å². The van der Waals surface area contributed by atoms with Crippen molar-refractivity contribution in [1.29, 1.82) is 0 Å². The minimum Gasteiger partial charge on any atom is -0.381 e. The molecule has 1 saturated heterocycles. The number of amides is 2. The molecule has 0 atom stereocenters. The fourth-order valence-corrected chi connectivity index (χ4v) is 3.42. The SMILES string of the molecule is Cc1ccc(CNC(=O)C(=O)NCC2(c3ccccc3)CCOCC2)cc1. The number of rotatable bonds is 5. The number of hydrogen-bond donors (Lipinski definition) is 2. The zero-order valence-electron chi connectivity index (χ0n) is 15.7. The van der Waals surface area contributed by atoms with E-state index in [9.17, 15) is 9.59 Å². The van der Waals surface area contributed by atoms with Crippen molar-refractivity contribution in [3.63, 3.8) is 0 Å². The van der Waals surface area contributed by atoms with Gasteiger partial charge in [-0.05, 0) is 30.9 Å². The van der Waals surface area contributed by atoms with Crippen molar-refractivity contribution >= 4 is 11.8 Å². The Kier molecular flexibility index (Phi) is 6.24. The average Bonchev–Trinajstić information content (AvgIpc) is 2.72. The second kappa shape index (κ2) is 8.82. The highest BCUT2D eigenvalue weighted by Crippen LogP contribution is 2.34. The summed E-state index contributed by atoms with van der Waals surface area (Å²) in [6, 6.07) is 18.0. The molecule has 0 spiro atoms. The minimum atomic E-state index is -0.606. The number of nitrogens with one attached hydrogen (secondary N) is 2. The van der Waals surface area contributed by atoms with E-state index in [4.69, 9.17) is 4.74 Å². The lowest BCUT2D eigenvalue weighted by Gasteiger charge is -2.37. The summed E-state index contributed by atoms with van der Waals surface area (Å²) in [5, 5.41) is 5.51. The van der Waals surface area contributed by atoms with Gasteiger partial charge in [0.1, 0.15) is 0 Å². The maximum atomic E-state index is 12.3. The van der Waals surface area contributed by atoms with Gasteiger partial charge in [-0.15, -0.1) is 0 Å². The van der Waals surface area contributed by atoms with E-state index in [0.29, 0.717) is 26.3 Å². The van der Waals surface area contributed by atoms with Crippen LogP contribution in [0.25, 0.3) is 0 Å². The van der Waals surface area contributed by atoms with Crippen LogP contribution in [0.15, 0.2) is 54.6 Å². The van der Waals surface area contributed by atoms with Crippen molar-refractivity contribution in [1.82, 2.24) is 10.6 Å². The van der Waals surface area contributed by atoms with Gasteiger partial charge in [-0.1, -0.05) is 60.2 Å². The monoisotopic (exact) mass is 366 g/mol. The smallest absolute Gasteiger partial charge is 0.309 e. The molecule has 1 fully saturated rings. The zero-order chi connectivity index (χ0) is 19.1. The van der Waals surface area contributed by atoms with Gasteiger partial charge in [0.05, 0.1) is 0 Å². The highest BCUT2D eigenvalue weighted by atomic mass is 16.5. The van der Waals surface area contributed by atoms with Gasteiger partial charge >= 0.3 is 11.8 Å². The second-order valence-electron chi connectivity index (χ2n) is 7.11. The van der Waals surface area contributed by atoms with Crippen LogP contribution in [0.3, 0.4) is 0 Å². The number of benzene rings is 2. The largest absolute Gasteiger partial charge is 0.381 e. The molecule has 0 radical (unpaired) electrons. The summed E-state index contributed by atoms with van der Waals surface area (Å²) in [4.78, 5) is 24.4. The molecule has 0 aliphatic carbocycles. The number of hydrogen-bond acceptors (Lipinski definition) is 3. The number of aryl methyl sites for hydroxylation is 1. The van der Waals surface area contributed by atoms with Gasteiger partial charge in [-0.2, -0.15) is 0 Å². The summed E-state index contributed by atoms with van der Waals surface area (Å²) in [6.07, 6.45) is 1.64. The molecule has 27 heavy (non-hydrogen) atoms. The highest BCUT2D eigenvalue weighted by molar-refractivity contribution is 6.35. The van der Waals surface area contributed by atoms with Crippen LogP contribution in [-0.4, -0.2) is 31.6 Å². The molecular weight excluding hydrogens is 340 g/mol. The van der Waals surface area contributed by atoms with Gasteiger partial charge in [-0.3, -0.25) is 9.59 Å². The fourth-order valence-electron chi connectivity index (χ4n) is 3.42. The Morgan fingerprint density at radius 2 is 1.56 bits per heavy atom. The topological polar surface area (TPSA) is 67.4 Å². The Morgan fingerprint density at radius 3 is 2.22 bits per heavy atom. The van der Waals surface area contributed by atoms with Crippen LogP contribution in [0.5, 0.6) is 0 Å². The quantitative estimate of drug-likeness (QED) is 0.799. The molecule has 1 aliphatic rings. The predicted octanol–water partition coefficient (Wildman–Crippen LogP) is 2.48. The Morgan fingerprint density at radius 1 is 0.926 bits per heavy atom. The Hall–Kier alpha value is -2.66. The van der Waals surface area contributed by atoms with E-state index in [1.165, 1.54) is 5.56 Å². The van der Waals surface area contributed by atoms with Crippen molar-refractivity contribution in [2.24, 2.45) is 0 Å². The molecule has 2 aromatic rings. The van der Waals surface area contributed by atoms with E-state index in [0.717, 1.165) is 24.0 Å². The third-order valence-corrected chi connectivity index (χ3v) is 5.20. The Balaban J connectivity index is 1.57. The molecule has 5 nitrogen and oxygen atoms in total. The fraction of sp³-hybridized carbons (Fsp3) is 0.364. The van der Waals surface area contributed by atoms with Crippen LogP contribution < -0.4 is 10.6 Å². The standard InChI is InChI=1S/C22H26N2O3/c1-17-7-9-18(10-8-17)15-23-20(25)21(26)24-16-22(11-13-27-14-12-22)19-5-3-2-4-6-19/h2-10H,11-16H2,1H3,(H,23,25)(H,24,26). The van der Waals surface area contributed by atoms with E-state index in [1.54, 1.807) is 0 Å². The zero-order valence-corrected chi connectivity index (χ0v) is 15.7. The first kappa shape index (κ1) is 19.1. The van der Waals surface area contributed by atoms with E-state index in [-0.39, 0.29) is 5.41 Å². The molecule has 0 unspecified atom stereocenters. The molecule has 3 rings (SSSR count). The van der Waals surface area contributed by atoms with Crippen molar-refractivity contribution in [3.05, 3.63) is 71.3 Å². The number of carbonyl (C=O) groups excluding carboxylic acids is 2. The molecule has 5 heteroatoms. The van der Waals surface area contributed by atoms with E-state index >= 15 is 0 Å². The van der Waals surface area contributed by atoms with E-state index in [2.05, 4.69) is 22.8 Å². The maximum Gasteiger partial charge on any atom is 0.309 e. The van der Waals surface area contributed by atoms with Crippen LogP contribution in [0.4, 0.5) is 0 Å². The summed E-state index contributed by atoms with van der Waals surface area (Å²) in [7, 11) is 0. The number of carbonyl (C=O) groups is 2. The van der Waals surface area contributed by atoms with Crippen molar-refractivity contribution in [3.8, 4) is 0 Å². The van der Waals surface area contributed by atoms with Crippen LogP contribution in [0.1, 0.15) is 29.5 Å². The van der Waals surface area contributed by atoms with Gasteiger partial charge in [0, 0.05) is 31.7 Å². The summed E-state index contributed by atoms with van der Waals surface area (Å²) >= 11 is 0. The molecule has 142 valence electrons. The molecule has 2 amide bonds. The van der Waals surface area contributed by atoms with Gasteiger partial charge in [0.15, 0.2) is 0 Å². The highest BCUT2D eigenvalue weighted by Gasteiger charge is 2.35. The molecule has 2 N–H and O–H groups in total. The molecule has 0 saturated carbocycles. The van der Waals surface area contributed by atoms with E-state index < -0.39 is 11.8 Å². The first-order chi connectivity index (χ1) is 13.1. The summed E-state index contributed by atoms with van der Waals surface area (Å²) in [5.41, 5.74) is 3.11. The molecule has 0 aromatic heterocycles. The van der Waals surface area contributed by atoms with Gasteiger partial charge < -0.3 is 15.4 Å². The summed E-state index contributed by atoms with van der Waals surface area (Å²) < 4.78 is 5.50. The molecule has 1 heterocycles. The lowest BCUT2D eigenvalue weighted by atomic mass is 9.74. The second-order valence-corrected chi connectivity index (χ2v) is 7.11. The predicted molar refractivity (Wildman–Crippen MR) is 104 cm³/mol. The van der Waals surface area contributed by atoms with Crippen LogP contribution in [0.2, 0.25) is 0 Å².